The lowest BCUT2D eigenvalue weighted by Crippen LogP contribution is -2.07. The molecule has 0 aliphatic heterocycles. The van der Waals surface area contributed by atoms with Gasteiger partial charge in [-0.15, -0.1) is 0 Å². The Hall–Kier alpha value is -2.48. The molecule has 0 saturated heterocycles. The summed E-state index contributed by atoms with van der Waals surface area (Å²) in [5, 5.41) is 0.809. The van der Waals surface area contributed by atoms with Crippen LogP contribution in [0.3, 0.4) is 0 Å². The average molecular weight is 317 g/mol. The van der Waals surface area contributed by atoms with Gasteiger partial charge in [-0.3, -0.25) is 4.72 Å². The van der Waals surface area contributed by atoms with E-state index in [2.05, 4.69) is 24.7 Å². The summed E-state index contributed by atoms with van der Waals surface area (Å²) in [6.45, 7) is 3.67. The second kappa shape index (κ2) is 5.72. The van der Waals surface area contributed by atoms with Gasteiger partial charge in [0, 0.05) is 17.3 Å². The average Bonchev–Trinajstić information content (AvgIpc) is 2.91. The van der Waals surface area contributed by atoms with Crippen LogP contribution in [0.5, 0.6) is 5.88 Å². The maximum Gasteiger partial charge on any atom is 0.241 e. The number of methoxy groups -OCH3 is 1. The van der Waals surface area contributed by atoms with Crippen molar-refractivity contribution in [2.75, 3.05) is 11.8 Å². The molecule has 0 bridgehead atoms. The summed E-state index contributed by atoms with van der Waals surface area (Å²) in [6, 6.07) is 3.78. The Labute approximate surface area is 129 Å². The van der Waals surface area contributed by atoms with Crippen molar-refractivity contribution in [3.05, 3.63) is 36.0 Å². The van der Waals surface area contributed by atoms with Gasteiger partial charge >= 0.3 is 0 Å². The van der Waals surface area contributed by atoms with Crippen molar-refractivity contribution in [2.24, 2.45) is 0 Å². The van der Waals surface area contributed by atoms with Crippen LogP contribution in [0.1, 0.15) is 11.5 Å². The molecule has 3 rings (SSSR count). The van der Waals surface area contributed by atoms with Gasteiger partial charge < -0.3 is 9.72 Å². The number of aryl methyl sites for hydroxylation is 2. The molecule has 0 aliphatic rings. The number of rotatable bonds is 4. The fourth-order valence-electron chi connectivity index (χ4n) is 2.06. The van der Waals surface area contributed by atoms with Crippen LogP contribution < -0.4 is 9.46 Å². The quantitative estimate of drug-likeness (QED) is 0.769. The molecule has 2 N–H and O–H groups in total. The Morgan fingerprint density at radius 2 is 2.09 bits per heavy atom. The molecule has 1 atom stereocenters. The molecule has 0 saturated carbocycles. The molecule has 3 heterocycles. The molecule has 0 radical (unpaired) electrons. The van der Waals surface area contributed by atoms with E-state index in [4.69, 9.17) is 4.74 Å². The van der Waals surface area contributed by atoms with E-state index in [1.807, 2.05) is 19.1 Å². The molecule has 3 aromatic heterocycles. The molecule has 8 heteroatoms. The first-order chi connectivity index (χ1) is 10.6. The number of anilines is 1. The van der Waals surface area contributed by atoms with Crippen molar-refractivity contribution >= 4 is 27.7 Å². The SMILES string of the molecule is COc1nc(C)ncc1NS(=O)c1c[nH]c2nc(C)ccc12. The Balaban J connectivity index is 1.94. The summed E-state index contributed by atoms with van der Waals surface area (Å²) in [5.74, 6) is 0.939. The first kappa shape index (κ1) is 14.5. The Kier molecular flexibility index (Phi) is 3.76. The molecular weight excluding hydrogens is 302 g/mol. The predicted octanol–water partition coefficient (Wildman–Crippen LogP) is 2.11. The highest BCUT2D eigenvalue weighted by atomic mass is 32.2. The smallest absolute Gasteiger partial charge is 0.241 e. The van der Waals surface area contributed by atoms with Crippen LogP contribution in [0.25, 0.3) is 11.0 Å². The van der Waals surface area contributed by atoms with Crippen LogP contribution in [0.4, 0.5) is 5.69 Å². The number of aromatic nitrogens is 4. The van der Waals surface area contributed by atoms with Gasteiger partial charge in [-0.05, 0) is 26.0 Å². The molecule has 22 heavy (non-hydrogen) atoms. The Morgan fingerprint density at radius 1 is 1.27 bits per heavy atom. The van der Waals surface area contributed by atoms with E-state index < -0.39 is 11.0 Å². The summed E-state index contributed by atoms with van der Waals surface area (Å²) in [6.07, 6.45) is 3.23. The van der Waals surface area contributed by atoms with Gasteiger partial charge in [0.15, 0.2) is 11.0 Å². The van der Waals surface area contributed by atoms with Crippen LogP contribution in [0, 0.1) is 13.8 Å². The molecule has 0 spiro atoms. The first-order valence-electron chi connectivity index (χ1n) is 6.59. The number of fused-ring (bicyclic) bond motifs is 1. The van der Waals surface area contributed by atoms with Gasteiger partial charge in [-0.2, -0.15) is 4.98 Å². The van der Waals surface area contributed by atoms with Crippen LogP contribution in [-0.4, -0.2) is 31.3 Å². The molecule has 1 unspecified atom stereocenters. The summed E-state index contributed by atoms with van der Waals surface area (Å²) < 4.78 is 20.6. The minimum Gasteiger partial charge on any atom is -0.479 e. The number of H-pyrrole nitrogens is 1. The van der Waals surface area contributed by atoms with E-state index in [0.717, 1.165) is 11.1 Å². The Morgan fingerprint density at radius 3 is 2.86 bits per heavy atom. The standard InChI is InChI=1S/C14H15N5O2S/c1-8-4-5-10-12(7-16-13(10)17-8)22(20)19-11-6-15-9(2)18-14(11)21-3/h4-7,19H,1-3H3,(H,16,17). The third-order valence-corrected chi connectivity index (χ3v) is 4.25. The number of hydrogen-bond acceptors (Lipinski definition) is 5. The highest BCUT2D eigenvalue weighted by Crippen LogP contribution is 2.25. The minimum absolute atomic E-state index is 0.356. The van der Waals surface area contributed by atoms with Crippen LogP contribution >= 0.6 is 0 Å². The number of pyridine rings is 1. The van der Waals surface area contributed by atoms with E-state index in [0.29, 0.717) is 27.9 Å². The zero-order chi connectivity index (χ0) is 15.7. The monoisotopic (exact) mass is 317 g/mol. The zero-order valence-electron chi connectivity index (χ0n) is 12.4. The lowest BCUT2D eigenvalue weighted by atomic mass is 10.3. The van der Waals surface area contributed by atoms with Crippen molar-refractivity contribution < 1.29 is 8.95 Å². The number of ether oxygens (including phenoxy) is 1. The van der Waals surface area contributed by atoms with Gasteiger partial charge in [0.2, 0.25) is 5.88 Å². The van der Waals surface area contributed by atoms with Crippen LogP contribution in [0.15, 0.2) is 29.4 Å². The lowest BCUT2D eigenvalue weighted by molar-refractivity contribution is 0.398. The second-order valence-corrected chi connectivity index (χ2v) is 5.89. The normalized spacial score (nSPS) is 12.3. The molecule has 3 aromatic rings. The highest BCUT2D eigenvalue weighted by Gasteiger charge is 2.14. The maximum absolute atomic E-state index is 12.6. The third-order valence-electron chi connectivity index (χ3n) is 3.11. The lowest BCUT2D eigenvalue weighted by Gasteiger charge is -2.09. The van der Waals surface area contributed by atoms with Gasteiger partial charge in [0.1, 0.15) is 17.2 Å². The fourth-order valence-corrected chi connectivity index (χ4v) is 3.04. The third kappa shape index (κ3) is 2.64. The molecule has 0 aliphatic carbocycles. The van der Waals surface area contributed by atoms with Crippen molar-refractivity contribution in [2.45, 2.75) is 18.7 Å². The summed E-state index contributed by atoms with van der Waals surface area (Å²) >= 11 is 0. The largest absolute Gasteiger partial charge is 0.479 e. The van der Waals surface area contributed by atoms with E-state index >= 15 is 0 Å². The van der Waals surface area contributed by atoms with Crippen molar-refractivity contribution in [1.29, 1.82) is 0 Å². The van der Waals surface area contributed by atoms with Crippen molar-refractivity contribution in [1.82, 2.24) is 19.9 Å². The van der Waals surface area contributed by atoms with Crippen LogP contribution in [-0.2, 0) is 11.0 Å². The maximum atomic E-state index is 12.6. The first-order valence-corrected chi connectivity index (χ1v) is 7.74. The van der Waals surface area contributed by atoms with Crippen molar-refractivity contribution in [3.63, 3.8) is 0 Å². The van der Waals surface area contributed by atoms with E-state index in [1.54, 1.807) is 19.3 Å². The molecule has 114 valence electrons. The van der Waals surface area contributed by atoms with E-state index in [-0.39, 0.29) is 0 Å². The number of hydrogen-bond donors (Lipinski definition) is 2. The molecule has 0 aromatic carbocycles. The molecule has 7 nitrogen and oxygen atoms in total. The topological polar surface area (TPSA) is 92.8 Å². The molecule has 0 fully saturated rings. The predicted molar refractivity (Wildman–Crippen MR) is 84.2 cm³/mol. The van der Waals surface area contributed by atoms with Crippen molar-refractivity contribution in [3.8, 4) is 5.88 Å². The zero-order valence-corrected chi connectivity index (χ0v) is 13.2. The highest BCUT2D eigenvalue weighted by molar-refractivity contribution is 7.86. The number of nitrogens with one attached hydrogen (secondary N) is 2. The van der Waals surface area contributed by atoms with E-state index in [9.17, 15) is 4.21 Å². The molecular formula is C14H15N5O2S. The second-order valence-electron chi connectivity index (χ2n) is 4.71. The van der Waals surface area contributed by atoms with Gasteiger partial charge in [0.05, 0.1) is 18.2 Å². The van der Waals surface area contributed by atoms with Crippen LogP contribution in [0.2, 0.25) is 0 Å². The number of nitrogens with zero attached hydrogens (tertiary/aromatic N) is 3. The summed E-state index contributed by atoms with van der Waals surface area (Å²) in [4.78, 5) is 16.2. The summed E-state index contributed by atoms with van der Waals surface area (Å²) in [7, 11) is 0.0240. The van der Waals surface area contributed by atoms with Gasteiger partial charge in [-0.25, -0.2) is 14.2 Å². The minimum atomic E-state index is -1.48. The Bertz CT molecular complexity index is 862. The number of aromatic amines is 1. The fraction of sp³-hybridized carbons (Fsp3) is 0.214. The summed E-state index contributed by atoms with van der Waals surface area (Å²) in [5.41, 5.74) is 2.08. The molecule has 0 amide bonds. The van der Waals surface area contributed by atoms with Gasteiger partial charge in [-0.1, -0.05) is 0 Å². The van der Waals surface area contributed by atoms with E-state index in [1.165, 1.54) is 7.11 Å². The van der Waals surface area contributed by atoms with Gasteiger partial charge in [0.25, 0.3) is 0 Å².